The molecule has 0 bridgehead atoms. The van der Waals surface area contributed by atoms with Crippen molar-refractivity contribution in [2.24, 2.45) is 0 Å². The summed E-state index contributed by atoms with van der Waals surface area (Å²) in [4.78, 5) is 39.5. The molecule has 1 saturated heterocycles. The van der Waals surface area contributed by atoms with Gasteiger partial charge in [-0.1, -0.05) is 30.3 Å². The SMILES string of the molecule is O=C(COC(=O)C1CCCN1C(=O)c1cccs1)Nc1cccc(Oc2ccccc2)c1. The van der Waals surface area contributed by atoms with Crippen LogP contribution in [0.5, 0.6) is 11.5 Å². The molecule has 3 aromatic rings. The third-order valence-corrected chi connectivity index (χ3v) is 5.82. The molecular formula is C24H22N2O5S. The Balaban J connectivity index is 1.29. The largest absolute Gasteiger partial charge is 0.457 e. The van der Waals surface area contributed by atoms with Gasteiger partial charge < -0.3 is 19.7 Å². The number of anilines is 1. The Morgan fingerprint density at radius 2 is 1.81 bits per heavy atom. The average molecular weight is 451 g/mol. The van der Waals surface area contributed by atoms with E-state index in [9.17, 15) is 14.4 Å². The van der Waals surface area contributed by atoms with Gasteiger partial charge in [0.15, 0.2) is 6.61 Å². The second-order valence-corrected chi connectivity index (χ2v) is 8.18. The maximum Gasteiger partial charge on any atom is 0.329 e. The second kappa shape index (κ2) is 10.1. The third-order valence-electron chi connectivity index (χ3n) is 4.96. The minimum absolute atomic E-state index is 0.181. The summed E-state index contributed by atoms with van der Waals surface area (Å²) in [5.74, 6) is 0.0370. The summed E-state index contributed by atoms with van der Waals surface area (Å²) in [6.07, 6.45) is 1.24. The number of nitrogens with zero attached hydrogens (tertiary/aromatic N) is 1. The summed E-state index contributed by atoms with van der Waals surface area (Å²) < 4.78 is 11.0. The van der Waals surface area contributed by atoms with Crippen LogP contribution in [0.25, 0.3) is 0 Å². The minimum atomic E-state index is -0.667. The number of carbonyl (C=O) groups excluding carboxylic acids is 3. The van der Waals surface area contributed by atoms with Gasteiger partial charge in [0, 0.05) is 18.3 Å². The zero-order valence-electron chi connectivity index (χ0n) is 17.2. The summed E-state index contributed by atoms with van der Waals surface area (Å²) in [7, 11) is 0. The van der Waals surface area contributed by atoms with Crippen LogP contribution in [0.2, 0.25) is 0 Å². The van der Waals surface area contributed by atoms with E-state index >= 15 is 0 Å². The van der Waals surface area contributed by atoms with Crippen molar-refractivity contribution in [2.75, 3.05) is 18.5 Å². The van der Waals surface area contributed by atoms with E-state index in [1.165, 1.54) is 16.2 Å². The Hall–Kier alpha value is -3.65. The summed E-state index contributed by atoms with van der Waals surface area (Å²) in [5.41, 5.74) is 0.523. The molecule has 164 valence electrons. The van der Waals surface area contributed by atoms with Crippen LogP contribution in [-0.4, -0.2) is 41.9 Å². The van der Waals surface area contributed by atoms with E-state index in [1.54, 1.807) is 36.4 Å². The van der Waals surface area contributed by atoms with Crippen molar-refractivity contribution < 1.29 is 23.9 Å². The fourth-order valence-electron chi connectivity index (χ4n) is 3.49. The molecule has 0 saturated carbocycles. The van der Waals surface area contributed by atoms with Crippen molar-refractivity contribution in [3.63, 3.8) is 0 Å². The van der Waals surface area contributed by atoms with Gasteiger partial charge in [0.25, 0.3) is 11.8 Å². The van der Waals surface area contributed by atoms with E-state index in [0.29, 0.717) is 35.0 Å². The molecule has 1 aliphatic rings. The Labute approximate surface area is 189 Å². The highest BCUT2D eigenvalue weighted by Gasteiger charge is 2.36. The summed E-state index contributed by atoms with van der Waals surface area (Å²) in [6.45, 7) is 0.0665. The average Bonchev–Trinajstić information content (AvgIpc) is 3.50. The van der Waals surface area contributed by atoms with Crippen molar-refractivity contribution >= 4 is 34.8 Å². The van der Waals surface area contributed by atoms with Crippen molar-refractivity contribution in [1.29, 1.82) is 0 Å². The quantitative estimate of drug-likeness (QED) is 0.542. The Morgan fingerprint density at radius 3 is 2.59 bits per heavy atom. The molecule has 32 heavy (non-hydrogen) atoms. The highest BCUT2D eigenvalue weighted by molar-refractivity contribution is 7.12. The Kier molecular flexibility index (Phi) is 6.81. The number of likely N-dealkylation sites (tertiary alicyclic amines) is 1. The van der Waals surface area contributed by atoms with Gasteiger partial charge >= 0.3 is 5.97 Å². The highest BCUT2D eigenvalue weighted by Crippen LogP contribution is 2.25. The van der Waals surface area contributed by atoms with E-state index in [2.05, 4.69) is 5.32 Å². The number of carbonyl (C=O) groups is 3. The van der Waals surface area contributed by atoms with E-state index in [-0.39, 0.29) is 5.91 Å². The zero-order chi connectivity index (χ0) is 22.3. The van der Waals surface area contributed by atoms with Crippen LogP contribution in [0.4, 0.5) is 5.69 Å². The topological polar surface area (TPSA) is 84.9 Å². The lowest BCUT2D eigenvalue weighted by molar-refractivity contribution is -0.151. The van der Waals surface area contributed by atoms with Crippen molar-refractivity contribution in [3.05, 3.63) is 77.0 Å². The molecule has 1 N–H and O–H groups in total. The number of amides is 2. The predicted octanol–water partition coefficient (Wildman–Crippen LogP) is 4.33. The molecule has 1 aliphatic heterocycles. The molecule has 2 aromatic carbocycles. The van der Waals surface area contributed by atoms with Crippen LogP contribution in [0.1, 0.15) is 22.5 Å². The van der Waals surface area contributed by atoms with Crippen LogP contribution in [0.15, 0.2) is 72.1 Å². The van der Waals surface area contributed by atoms with E-state index < -0.39 is 24.5 Å². The standard InChI is InChI=1S/C24H22N2O5S/c27-22(25-17-7-4-10-19(15-17)31-18-8-2-1-3-9-18)16-30-24(29)20-11-5-13-26(20)23(28)21-12-6-14-32-21/h1-4,6-10,12,14-15,20H,5,11,13,16H2,(H,25,27). The van der Waals surface area contributed by atoms with Crippen LogP contribution in [0, 0.1) is 0 Å². The minimum Gasteiger partial charge on any atom is -0.457 e. The highest BCUT2D eigenvalue weighted by atomic mass is 32.1. The van der Waals surface area contributed by atoms with Gasteiger partial charge in [-0.05, 0) is 48.6 Å². The molecule has 7 nitrogen and oxygen atoms in total. The number of ether oxygens (including phenoxy) is 2. The molecule has 1 aromatic heterocycles. The maximum atomic E-state index is 12.6. The molecule has 1 fully saturated rings. The molecule has 0 aliphatic carbocycles. The fraction of sp³-hybridized carbons (Fsp3) is 0.208. The van der Waals surface area contributed by atoms with Crippen LogP contribution in [0.3, 0.4) is 0 Å². The summed E-state index contributed by atoms with van der Waals surface area (Å²) in [5, 5.41) is 4.52. The van der Waals surface area contributed by atoms with Crippen LogP contribution in [-0.2, 0) is 14.3 Å². The number of benzene rings is 2. The molecule has 0 spiro atoms. The van der Waals surface area contributed by atoms with E-state index in [0.717, 1.165) is 6.42 Å². The van der Waals surface area contributed by atoms with Crippen molar-refractivity contribution in [3.8, 4) is 11.5 Å². The smallest absolute Gasteiger partial charge is 0.329 e. The first-order valence-electron chi connectivity index (χ1n) is 10.2. The number of thiophene rings is 1. The molecular weight excluding hydrogens is 428 g/mol. The second-order valence-electron chi connectivity index (χ2n) is 7.23. The number of hydrogen-bond acceptors (Lipinski definition) is 6. The van der Waals surface area contributed by atoms with Gasteiger partial charge in [0.05, 0.1) is 4.88 Å². The maximum absolute atomic E-state index is 12.6. The first-order valence-corrected chi connectivity index (χ1v) is 11.1. The predicted molar refractivity (Wildman–Crippen MR) is 121 cm³/mol. The van der Waals surface area contributed by atoms with Gasteiger partial charge in [-0.25, -0.2) is 4.79 Å². The van der Waals surface area contributed by atoms with Gasteiger partial charge in [-0.3, -0.25) is 9.59 Å². The molecule has 0 radical (unpaired) electrons. The Bertz CT molecular complexity index is 1080. The van der Waals surface area contributed by atoms with Crippen molar-refractivity contribution in [2.45, 2.75) is 18.9 Å². The summed E-state index contributed by atoms with van der Waals surface area (Å²) in [6, 6.07) is 19.1. The number of nitrogens with one attached hydrogen (secondary N) is 1. The number of hydrogen-bond donors (Lipinski definition) is 1. The Morgan fingerprint density at radius 1 is 1.00 bits per heavy atom. The lowest BCUT2D eigenvalue weighted by Crippen LogP contribution is -2.41. The first-order chi connectivity index (χ1) is 15.6. The molecule has 8 heteroatoms. The monoisotopic (exact) mass is 450 g/mol. The van der Waals surface area contributed by atoms with E-state index in [1.807, 2.05) is 35.7 Å². The first kappa shape index (κ1) is 21.6. The van der Waals surface area contributed by atoms with Crippen LogP contribution >= 0.6 is 11.3 Å². The lowest BCUT2D eigenvalue weighted by atomic mass is 10.2. The number of esters is 1. The molecule has 1 atom stereocenters. The van der Waals surface area contributed by atoms with Crippen molar-refractivity contribution in [1.82, 2.24) is 4.90 Å². The fourth-order valence-corrected chi connectivity index (χ4v) is 4.17. The van der Waals surface area contributed by atoms with Gasteiger partial charge in [0.1, 0.15) is 17.5 Å². The number of rotatable bonds is 7. The van der Waals surface area contributed by atoms with Gasteiger partial charge in [-0.2, -0.15) is 0 Å². The van der Waals surface area contributed by atoms with Gasteiger partial charge in [-0.15, -0.1) is 11.3 Å². The summed E-state index contributed by atoms with van der Waals surface area (Å²) >= 11 is 1.33. The lowest BCUT2D eigenvalue weighted by Gasteiger charge is -2.22. The zero-order valence-corrected chi connectivity index (χ0v) is 18.0. The molecule has 2 heterocycles. The normalized spacial score (nSPS) is 15.2. The molecule has 2 amide bonds. The molecule has 1 unspecified atom stereocenters. The third kappa shape index (κ3) is 5.33. The van der Waals surface area contributed by atoms with E-state index in [4.69, 9.17) is 9.47 Å². The molecule has 4 rings (SSSR count). The van der Waals surface area contributed by atoms with Crippen LogP contribution < -0.4 is 10.1 Å². The number of para-hydroxylation sites is 1. The van der Waals surface area contributed by atoms with Gasteiger partial charge in [0.2, 0.25) is 0 Å².